The van der Waals surface area contributed by atoms with Crippen molar-refractivity contribution in [1.82, 2.24) is 9.80 Å². The van der Waals surface area contributed by atoms with Gasteiger partial charge < -0.3 is 9.47 Å². The van der Waals surface area contributed by atoms with Crippen molar-refractivity contribution in [3.63, 3.8) is 0 Å². The third-order valence-electron chi connectivity index (χ3n) is 5.09. The minimum absolute atomic E-state index is 0.221. The van der Waals surface area contributed by atoms with E-state index in [0.29, 0.717) is 12.6 Å². The molecule has 0 aromatic heterocycles. The summed E-state index contributed by atoms with van der Waals surface area (Å²) in [6.07, 6.45) is 5.14. The minimum Gasteiger partial charge on any atom is -0.492 e. The molecule has 2 aliphatic heterocycles. The molecule has 2 aliphatic rings. The van der Waals surface area contributed by atoms with Crippen molar-refractivity contribution in [2.75, 3.05) is 52.5 Å². The Kier molecular flexibility index (Phi) is 6.87. The monoisotopic (exact) mass is 336 g/mol. The number of hydrogen-bond donors (Lipinski definition) is 0. The van der Waals surface area contributed by atoms with Gasteiger partial charge in [0.1, 0.15) is 18.2 Å². The highest BCUT2D eigenvalue weighted by Crippen LogP contribution is 2.20. The van der Waals surface area contributed by atoms with Crippen LogP contribution in [0.1, 0.15) is 25.7 Å². The highest BCUT2D eigenvalue weighted by molar-refractivity contribution is 5.21. The summed E-state index contributed by atoms with van der Waals surface area (Å²) in [6.45, 7) is 7.84. The third kappa shape index (κ3) is 5.43. The number of morpholine rings is 1. The predicted molar refractivity (Wildman–Crippen MR) is 93.0 cm³/mol. The van der Waals surface area contributed by atoms with Crippen LogP contribution in [0.4, 0.5) is 4.39 Å². The van der Waals surface area contributed by atoms with Crippen LogP contribution >= 0.6 is 0 Å². The van der Waals surface area contributed by atoms with Gasteiger partial charge in [-0.2, -0.15) is 0 Å². The first-order valence-electron chi connectivity index (χ1n) is 9.24. The first-order chi connectivity index (χ1) is 11.8. The highest BCUT2D eigenvalue weighted by Gasteiger charge is 2.23. The molecule has 1 atom stereocenters. The van der Waals surface area contributed by atoms with Gasteiger partial charge >= 0.3 is 0 Å². The van der Waals surface area contributed by atoms with E-state index in [4.69, 9.17) is 9.47 Å². The van der Waals surface area contributed by atoms with Crippen LogP contribution in [0.3, 0.4) is 0 Å². The van der Waals surface area contributed by atoms with Gasteiger partial charge in [-0.25, -0.2) is 4.39 Å². The number of rotatable bonds is 7. The molecule has 1 unspecified atom stereocenters. The van der Waals surface area contributed by atoms with Gasteiger partial charge in [0, 0.05) is 25.7 Å². The molecule has 134 valence electrons. The molecule has 0 N–H and O–H groups in total. The summed E-state index contributed by atoms with van der Waals surface area (Å²) in [4.78, 5) is 5.10. The maximum atomic E-state index is 12.9. The van der Waals surface area contributed by atoms with Crippen LogP contribution in [-0.4, -0.2) is 68.4 Å². The smallest absolute Gasteiger partial charge is 0.123 e. The summed E-state index contributed by atoms with van der Waals surface area (Å²) in [5.74, 6) is 0.528. The van der Waals surface area contributed by atoms with E-state index < -0.39 is 0 Å². The van der Waals surface area contributed by atoms with Crippen LogP contribution in [0.25, 0.3) is 0 Å². The number of piperidine rings is 1. The highest BCUT2D eigenvalue weighted by atomic mass is 19.1. The molecule has 2 fully saturated rings. The summed E-state index contributed by atoms with van der Waals surface area (Å²) < 4.78 is 24.1. The van der Waals surface area contributed by atoms with Crippen molar-refractivity contribution in [2.24, 2.45) is 0 Å². The Morgan fingerprint density at radius 3 is 2.62 bits per heavy atom. The van der Waals surface area contributed by atoms with Gasteiger partial charge in [0.05, 0.1) is 13.2 Å². The average Bonchev–Trinajstić information content (AvgIpc) is 2.63. The van der Waals surface area contributed by atoms with Crippen LogP contribution in [0.5, 0.6) is 5.75 Å². The Morgan fingerprint density at radius 1 is 1.04 bits per heavy atom. The lowest BCUT2D eigenvalue weighted by atomic mass is 9.99. The molecule has 0 spiro atoms. The Hall–Kier alpha value is -1.17. The molecule has 1 aromatic rings. The van der Waals surface area contributed by atoms with Crippen molar-refractivity contribution >= 4 is 0 Å². The molecule has 5 heteroatoms. The van der Waals surface area contributed by atoms with E-state index in [-0.39, 0.29) is 5.82 Å². The predicted octanol–water partition coefficient (Wildman–Crippen LogP) is 2.78. The number of benzene rings is 1. The largest absolute Gasteiger partial charge is 0.492 e. The molecular formula is C19H29FN2O2. The van der Waals surface area contributed by atoms with Crippen molar-refractivity contribution in [1.29, 1.82) is 0 Å². The van der Waals surface area contributed by atoms with Gasteiger partial charge in [0.15, 0.2) is 0 Å². The molecule has 0 aliphatic carbocycles. The van der Waals surface area contributed by atoms with E-state index in [1.54, 1.807) is 12.1 Å². The summed E-state index contributed by atoms with van der Waals surface area (Å²) in [5.41, 5.74) is 0. The van der Waals surface area contributed by atoms with Crippen molar-refractivity contribution in [3.8, 4) is 5.75 Å². The van der Waals surface area contributed by atoms with Crippen LogP contribution in [0.2, 0.25) is 0 Å². The van der Waals surface area contributed by atoms with Crippen LogP contribution in [-0.2, 0) is 4.74 Å². The normalized spacial score (nSPS) is 23.3. The summed E-state index contributed by atoms with van der Waals surface area (Å²) in [5, 5.41) is 0. The van der Waals surface area contributed by atoms with Crippen LogP contribution < -0.4 is 4.74 Å². The van der Waals surface area contributed by atoms with Gasteiger partial charge in [-0.05, 0) is 56.6 Å². The molecule has 0 saturated carbocycles. The number of halogens is 1. The Morgan fingerprint density at radius 2 is 1.83 bits per heavy atom. The molecule has 24 heavy (non-hydrogen) atoms. The van der Waals surface area contributed by atoms with E-state index in [9.17, 15) is 4.39 Å². The quantitative estimate of drug-likeness (QED) is 0.764. The Bertz CT molecular complexity index is 477. The van der Waals surface area contributed by atoms with E-state index in [0.717, 1.165) is 38.6 Å². The number of nitrogens with zero attached hydrogens (tertiary/aromatic N) is 2. The van der Waals surface area contributed by atoms with Crippen molar-refractivity contribution in [2.45, 2.75) is 31.7 Å². The number of likely N-dealkylation sites (tertiary alicyclic amines) is 1. The van der Waals surface area contributed by atoms with Crippen molar-refractivity contribution < 1.29 is 13.9 Å². The fourth-order valence-corrected chi connectivity index (χ4v) is 3.65. The first kappa shape index (κ1) is 17.6. The molecule has 1 aromatic carbocycles. The Balaban J connectivity index is 1.41. The van der Waals surface area contributed by atoms with Gasteiger partial charge in [-0.3, -0.25) is 9.80 Å². The summed E-state index contributed by atoms with van der Waals surface area (Å²) in [6, 6.07) is 6.95. The number of ether oxygens (including phenoxy) is 2. The topological polar surface area (TPSA) is 24.9 Å². The van der Waals surface area contributed by atoms with Crippen LogP contribution in [0.15, 0.2) is 24.3 Å². The second-order valence-electron chi connectivity index (χ2n) is 6.73. The van der Waals surface area contributed by atoms with E-state index in [1.807, 2.05) is 0 Å². The molecular weight excluding hydrogens is 307 g/mol. The third-order valence-corrected chi connectivity index (χ3v) is 5.09. The first-order valence-corrected chi connectivity index (χ1v) is 9.24. The SMILES string of the molecule is Fc1ccc(OCCN2CCCCC2CCN2CCOCC2)cc1. The van der Waals surface area contributed by atoms with Gasteiger partial charge in [-0.1, -0.05) is 6.42 Å². The molecule has 0 radical (unpaired) electrons. The fraction of sp³-hybridized carbons (Fsp3) is 0.684. The number of hydrogen-bond acceptors (Lipinski definition) is 4. The van der Waals surface area contributed by atoms with E-state index >= 15 is 0 Å². The fourth-order valence-electron chi connectivity index (χ4n) is 3.65. The lowest BCUT2D eigenvalue weighted by Crippen LogP contribution is -2.45. The average molecular weight is 336 g/mol. The lowest BCUT2D eigenvalue weighted by molar-refractivity contribution is 0.0299. The summed E-state index contributed by atoms with van der Waals surface area (Å²) in [7, 11) is 0. The standard InChI is InChI=1S/C19H29FN2O2/c20-17-4-6-19(7-5-17)24-16-13-22-9-2-1-3-18(22)8-10-21-11-14-23-15-12-21/h4-7,18H,1-3,8-16H2. The van der Waals surface area contributed by atoms with Crippen LogP contribution in [0, 0.1) is 5.82 Å². The van der Waals surface area contributed by atoms with E-state index in [1.165, 1.54) is 50.9 Å². The van der Waals surface area contributed by atoms with E-state index in [2.05, 4.69) is 9.80 Å². The molecule has 2 heterocycles. The maximum absolute atomic E-state index is 12.9. The molecule has 2 saturated heterocycles. The zero-order chi connectivity index (χ0) is 16.6. The minimum atomic E-state index is -0.221. The lowest BCUT2D eigenvalue weighted by Gasteiger charge is -2.37. The second kappa shape index (κ2) is 9.35. The molecule has 0 bridgehead atoms. The van der Waals surface area contributed by atoms with Gasteiger partial charge in [0.25, 0.3) is 0 Å². The molecule has 4 nitrogen and oxygen atoms in total. The Labute approximate surface area is 144 Å². The molecule has 3 rings (SSSR count). The maximum Gasteiger partial charge on any atom is 0.123 e. The zero-order valence-electron chi connectivity index (χ0n) is 14.5. The summed E-state index contributed by atoms with van der Waals surface area (Å²) >= 11 is 0. The molecule has 0 amide bonds. The van der Waals surface area contributed by atoms with Gasteiger partial charge in [0.2, 0.25) is 0 Å². The zero-order valence-corrected chi connectivity index (χ0v) is 14.5. The second-order valence-corrected chi connectivity index (χ2v) is 6.73. The van der Waals surface area contributed by atoms with Crippen molar-refractivity contribution in [3.05, 3.63) is 30.1 Å². The van der Waals surface area contributed by atoms with Gasteiger partial charge in [-0.15, -0.1) is 0 Å².